The van der Waals surface area contributed by atoms with Gasteiger partial charge in [0.2, 0.25) is 5.91 Å². The zero-order valence-electron chi connectivity index (χ0n) is 7.26. The van der Waals surface area contributed by atoms with E-state index in [9.17, 15) is 9.59 Å². The highest BCUT2D eigenvalue weighted by Gasteiger charge is 1.97. The summed E-state index contributed by atoms with van der Waals surface area (Å²) in [5.74, 6) is -1.02. The largest absolute Gasteiger partial charge is 0.478 e. The Kier molecular flexibility index (Phi) is 4.76. The molecule has 0 saturated heterocycles. The highest BCUT2D eigenvalue weighted by Crippen LogP contribution is 1.93. The van der Waals surface area contributed by atoms with E-state index < -0.39 is 5.97 Å². The molecule has 4 nitrogen and oxygen atoms in total. The van der Waals surface area contributed by atoms with Crippen LogP contribution in [-0.2, 0) is 9.59 Å². The molecule has 2 N–H and O–H groups in total. The Morgan fingerprint density at radius 2 is 2.00 bits per heavy atom. The van der Waals surface area contributed by atoms with Crippen molar-refractivity contribution in [3.63, 3.8) is 0 Å². The second-order valence-corrected chi connectivity index (χ2v) is 2.46. The number of aliphatic carboxylic acids is 1. The molecule has 0 spiro atoms. The fourth-order valence-electron chi connectivity index (χ4n) is 0.624. The Bertz CT molecular complexity index is 208. The first kappa shape index (κ1) is 10.7. The van der Waals surface area contributed by atoms with Crippen LogP contribution in [0.3, 0.4) is 0 Å². The highest BCUT2D eigenvalue weighted by molar-refractivity contribution is 5.85. The first-order chi connectivity index (χ1) is 5.54. The summed E-state index contributed by atoms with van der Waals surface area (Å²) in [7, 11) is 0. The van der Waals surface area contributed by atoms with Gasteiger partial charge in [-0.05, 0) is 13.3 Å². The lowest BCUT2D eigenvalue weighted by Crippen LogP contribution is -2.20. The Morgan fingerprint density at radius 3 is 2.42 bits per heavy atom. The van der Waals surface area contributed by atoms with Crippen molar-refractivity contribution in [2.24, 2.45) is 0 Å². The number of hydrogen-bond acceptors (Lipinski definition) is 2. The van der Waals surface area contributed by atoms with Gasteiger partial charge in [-0.25, -0.2) is 4.79 Å². The quantitative estimate of drug-likeness (QED) is 0.479. The Hall–Kier alpha value is -1.32. The monoisotopic (exact) mass is 171 g/mol. The average molecular weight is 171 g/mol. The zero-order valence-corrected chi connectivity index (χ0v) is 7.26. The second kappa shape index (κ2) is 5.35. The fraction of sp³-hybridized carbons (Fsp3) is 0.500. The lowest BCUT2D eigenvalue weighted by Gasteiger charge is -1.97. The lowest BCUT2D eigenvalue weighted by molar-refractivity contribution is -0.132. The summed E-state index contributed by atoms with van der Waals surface area (Å²) >= 11 is 0. The van der Waals surface area contributed by atoms with E-state index >= 15 is 0 Å². The van der Waals surface area contributed by atoms with E-state index in [2.05, 4.69) is 5.32 Å². The minimum Gasteiger partial charge on any atom is -0.478 e. The van der Waals surface area contributed by atoms with Crippen LogP contribution in [0.2, 0.25) is 0 Å². The first-order valence-electron chi connectivity index (χ1n) is 3.68. The van der Waals surface area contributed by atoms with Gasteiger partial charge in [0.05, 0.1) is 0 Å². The predicted octanol–water partition coefficient (Wildman–Crippen LogP) is 0.544. The second-order valence-electron chi connectivity index (χ2n) is 2.46. The van der Waals surface area contributed by atoms with E-state index in [1.54, 1.807) is 6.08 Å². The van der Waals surface area contributed by atoms with E-state index in [0.717, 1.165) is 0 Å². The summed E-state index contributed by atoms with van der Waals surface area (Å²) < 4.78 is 0. The van der Waals surface area contributed by atoms with E-state index in [1.807, 2.05) is 0 Å². The number of carbonyl (C=O) groups excluding carboxylic acids is 1. The van der Waals surface area contributed by atoms with Gasteiger partial charge in [0, 0.05) is 19.0 Å². The molecule has 0 aromatic heterocycles. The van der Waals surface area contributed by atoms with Crippen molar-refractivity contribution in [1.29, 1.82) is 0 Å². The highest BCUT2D eigenvalue weighted by atomic mass is 16.4. The molecule has 0 fully saturated rings. The summed E-state index contributed by atoms with van der Waals surface area (Å²) in [4.78, 5) is 20.6. The van der Waals surface area contributed by atoms with Gasteiger partial charge in [-0.1, -0.05) is 6.08 Å². The maximum atomic E-state index is 10.4. The number of amides is 1. The third kappa shape index (κ3) is 5.46. The van der Waals surface area contributed by atoms with Gasteiger partial charge in [0.1, 0.15) is 0 Å². The number of carboxylic acids is 1. The molecule has 12 heavy (non-hydrogen) atoms. The molecule has 0 radical (unpaired) electrons. The zero-order chi connectivity index (χ0) is 9.56. The first-order valence-corrected chi connectivity index (χ1v) is 3.68. The predicted molar refractivity (Wildman–Crippen MR) is 44.7 cm³/mol. The minimum absolute atomic E-state index is 0.101. The molecule has 0 aliphatic carbocycles. The lowest BCUT2D eigenvalue weighted by atomic mass is 10.2. The molecule has 0 heterocycles. The molecule has 68 valence electrons. The molecule has 0 bridgehead atoms. The van der Waals surface area contributed by atoms with Crippen LogP contribution in [0.15, 0.2) is 11.6 Å². The van der Waals surface area contributed by atoms with Crippen LogP contribution in [0, 0.1) is 0 Å². The number of nitrogens with one attached hydrogen (secondary N) is 1. The number of carboxylic acid groups (broad SMARTS) is 1. The summed E-state index contributed by atoms with van der Waals surface area (Å²) in [6.07, 6.45) is 2.13. The van der Waals surface area contributed by atoms with Crippen molar-refractivity contribution in [3.05, 3.63) is 11.6 Å². The summed E-state index contributed by atoms with van der Waals surface area (Å²) in [6, 6.07) is 0. The van der Waals surface area contributed by atoms with Gasteiger partial charge in [0.15, 0.2) is 0 Å². The van der Waals surface area contributed by atoms with Crippen LogP contribution < -0.4 is 5.32 Å². The number of rotatable bonds is 4. The molecule has 0 aliphatic heterocycles. The fourth-order valence-corrected chi connectivity index (χ4v) is 0.624. The van der Waals surface area contributed by atoms with Gasteiger partial charge in [-0.2, -0.15) is 0 Å². The van der Waals surface area contributed by atoms with Gasteiger partial charge < -0.3 is 10.4 Å². The SMILES string of the molecule is CC(=O)NCCC=C(C)C(=O)O. The molecule has 0 saturated carbocycles. The molecule has 1 amide bonds. The molecule has 0 atom stereocenters. The van der Waals surface area contributed by atoms with E-state index in [4.69, 9.17) is 5.11 Å². The van der Waals surface area contributed by atoms with E-state index in [0.29, 0.717) is 18.5 Å². The van der Waals surface area contributed by atoms with Crippen molar-refractivity contribution >= 4 is 11.9 Å². The summed E-state index contributed by atoms with van der Waals surface area (Å²) in [5.41, 5.74) is 0.306. The topological polar surface area (TPSA) is 66.4 Å². The third-order valence-electron chi connectivity index (χ3n) is 1.31. The van der Waals surface area contributed by atoms with Crippen molar-refractivity contribution in [3.8, 4) is 0 Å². The Balaban J connectivity index is 3.60. The Morgan fingerprint density at radius 1 is 1.42 bits per heavy atom. The van der Waals surface area contributed by atoms with Crippen LogP contribution in [0.25, 0.3) is 0 Å². The molecule has 0 rings (SSSR count). The van der Waals surface area contributed by atoms with Gasteiger partial charge in [0.25, 0.3) is 0 Å². The molecular formula is C8H13NO3. The maximum Gasteiger partial charge on any atom is 0.330 e. The van der Waals surface area contributed by atoms with Crippen molar-refractivity contribution in [2.45, 2.75) is 20.3 Å². The summed E-state index contributed by atoms with van der Waals surface area (Å²) in [6.45, 7) is 3.43. The van der Waals surface area contributed by atoms with E-state index in [-0.39, 0.29) is 5.91 Å². The third-order valence-corrected chi connectivity index (χ3v) is 1.31. The Labute approximate surface area is 71.3 Å². The smallest absolute Gasteiger partial charge is 0.330 e. The van der Waals surface area contributed by atoms with Crippen LogP contribution in [0.1, 0.15) is 20.3 Å². The number of carbonyl (C=O) groups is 2. The average Bonchev–Trinajstić information content (AvgIpc) is 1.97. The van der Waals surface area contributed by atoms with Crippen molar-refractivity contribution in [2.75, 3.05) is 6.54 Å². The molecular weight excluding hydrogens is 158 g/mol. The van der Waals surface area contributed by atoms with E-state index in [1.165, 1.54) is 13.8 Å². The van der Waals surface area contributed by atoms with Gasteiger partial charge >= 0.3 is 5.97 Å². The van der Waals surface area contributed by atoms with Crippen LogP contribution >= 0.6 is 0 Å². The molecule has 4 heteroatoms. The van der Waals surface area contributed by atoms with Gasteiger partial charge in [-0.3, -0.25) is 4.79 Å². The number of hydrogen-bond donors (Lipinski definition) is 2. The van der Waals surface area contributed by atoms with Crippen molar-refractivity contribution < 1.29 is 14.7 Å². The summed E-state index contributed by atoms with van der Waals surface area (Å²) in [5, 5.41) is 11.0. The molecule has 0 aliphatic rings. The maximum absolute atomic E-state index is 10.4. The molecule has 0 aromatic rings. The standard InChI is InChI=1S/C8H13NO3/c1-6(8(11)12)4-3-5-9-7(2)10/h4H,3,5H2,1-2H3,(H,9,10)(H,11,12). The molecule has 0 aromatic carbocycles. The van der Waals surface area contributed by atoms with Crippen LogP contribution in [0.4, 0.5) is 0 Å². The van der Waals surface area contributed by atoms with Crippen LogP contribution in [0.5, 0.6) is 0 Å². The van der Waals surface area contributed by atoms with Crippen LogP contribution in [-0.4, -0.2) is 23.5 Å². The molecule has 0 unspecified atom stereocenters. The normalized spacial score (nSPS) is 11.0. The van der Waals surface area contributed by atoms with Crippen molar-refractivity contribution in [1.82, 2.24) is 5.32 Å². The van der Waals surface area contributed by atoms with Gasteiger partial charge in [-0.15, -0.1) is 0 Å². The minimum atomic E-state index is -0.919.